The number of rotatable bonds is 8. The van der Waals surface area contributed by atoms with Crippen molar-refractivity contribution in [2.75, 3.05) is 26.9 Å². The molecule has 0 saturated heterocycles. The van der Waals surface area contributed by atoms with Gasteiger partial charge in [0.1, 0.15) is 0 Å². The minimum absolute atomic E-state index is 0.0334. The molecule has 0 aromatic rings. The molecule has 0 radical (unpaired) electrons. The van der Waals surface area contributed by atoms with Crippen molar-refractivity contribution in [3.8, 4) is 0 Å². The molecule has 6 nitrogen and oxygen atoms in total. The van der Waals surface area contributed by atoms with E-state index in [1.54, 1.807) is 0 Å². The molecule has 0 aliphatic rings. The maximum atomic E-state index is 10.4. The van der Waals surface area contributed by atoms with Crippen LogP contribution in [0.1, 0.15) is 6.42 Å². The number of hydrogen-bond acceptors (Lipinski definition) is 4. The predicted molar refractivity (Wildman–Crippen MR) is 46.1 cm³/mol. The van der Waals surface area contributed by atoms with Gasteiger partial charge in [-0.3, -0.25) is 9.59 Å². The summed E-state index contributed by atoms with van der Waals surface area (Å²) in [6.45, 7) is 0.847. The molecule has 0 amide bonds. The molecule has 0 rings (SSSR count). The van der Waals surface area contributed by atoms with E-state index in [-0.39, 0.29) is 13.0 Å². The first-order chi connectivity index (χ1) is 6.59. The van der Waals surface area contributed by atoms with Gasteiger partial charge < -0.3 is 19.7 Å². The highest BCUT2D eigenvalue weighted by atomic mass is 16.5. The number of aliphatic carboxylic acids is 2. The molecule has 0 bridgehead atoms. The smallest absolute Gasteiger partial charge is 0.317 e. The van der Waals surface area contributed by atoms with Crippen molar-refractivity contribution in [3.05, 3.63) is 0 Å². The molecule has 0 atom stereocenters. The van der Waals surface area contributed by atoms with Gasteiger partial charge in [-0.2, -0.15) is 0 Å². The van der Waals surface area contributed by atoms with Crippen LogP contribution in [0.2, 0.25) is 0 Å². The third-order valence-electron chi connectivity index (χ3n) is 1.58. The summed E-state index contributed by atoms with van der Waals surface area (Å²) in [5.74, 6) is -4.07. The highest BCUT2D eigenvalue weighted by molar-refractivity contribution is 5.92. The van der Waals surface area contributed by atoms with Crippen LogP contribution in [0.25, 0.3) is 0 Å². The van der Waals surface area contributed by atoms with E-state index in [9.17, 15) is 9.59 Å². The van der Waals surface area contributed by atoms with Crippen LogP contribution in [0.3, 0.4) is 0 Å². The fourth-order valence-electron chi connectivity index (χ4n) is 0.798. The Morgan fingerprint density at radius 1 is 1.14 bits per heavy atom. The lowest BCUT2D eigenvalue weighted by Crippen LogP contribution is -2.25. The summed E-state index contributed by atoms with van der Waals surface area (Å²) in [4.78, 5) is 20.8. The van der Waals surface area contributed by atoms with Gasteiger partial charge in [0.2, 0.25) is 0 Å². The predicted octanol–water partition coefficient (Wildman–Crippen LogP) is -0.175. The first-order valence-corrected chi connectivity index (χ1v) is 4.12. The Balaban J connectivity index is 3.62. The van der Waals surface area contributed by atoms with Crippen LogP contribution in [0, 0.1) is 5.92 Å². The van der Waals surface area contributed by atoms with Crippen molar-refractivity contribution in [3.63, 3.8) is 0 Å². The summed E-state index contributed by atoms with van der Waals surface area (Å²) in [7, 11) is 1.51. The second kappa shape index (κ2) is 7.28. The average molecular weight is 206 g/mol. The van der Waals surface area contributed by atoms with Gasteiger partial charge in [-0.15, -0.1) is 0 Å². The number of hydrogen-bond donors (Lipinski definition) is 2. The van der Waals surface area contributed by atoms with Gasteiger partial charge >= 0.3 is 11.9 Å². The molecule has 0 aromatic heterocycles. The fraction of sp³-hybridized carbons (Fsp3) is 0.750. The zero-order valence-electron chi connectivity index (χ0n) is 7.93. The fourth-order valence-corrected chi connectivity index (χ4v) is 0.798. The van der Waals surface area contributed by atoms with Gasteiger partial charge in [0.15, 0.2) is 5.92 Å². The zero-order chi connectivity index (χ0) is 11.0. The van der Waals surface area contributed by atoms with E-state index in [4.69, 9.17) is 14.9 Å². The van der Waals surface area contributed by atoms with E-state index in [0.717, 1.165) is 0 Å². The minimum atomic E-state index is -1.39. The molecule has 6 heteroatoms. The molecule has 0 aliphatic heterocycles. The van der Waals surface area contributed by atoms with Crippen molar-refractivity contribution >= 4 is 11.9 Å². The van der Waals surface area contributed by atoms with E-state index < -0.39 is 17.9 Å². The van der Waals surface area contributed by atoms with Crippen LogP contribution < -0.4 is 0 Å². The third kappa shape index (κ3) is 5.50. The Bertz CT molecular complexity index is 176. The van der Waals surface area contributed by atoms with Gasteiger partial charge in [0.05, 0.1) is 13.2 Å². The normalized spacial score (nSPS) is 10.4. The summed E-state index contributed by atoms with van der Waals surface area (Å²) < 4.78 is 9.64. The van der Waals surface area contributed by atoms with Crippen molar-refractivity contribution in [1.29, 1.82) is 0 Å². The van der Waals surface area contributed by atoms with E-state index in [1.807, 2.05) is 0 Å². The van der Waals surface area contributed by atoms with Gasteiger partial charge in [0.25, 0.3) is 0 Å². The molecule has 14 heavy (non-hydrogen) atoms. The lowest BCUT2D eigenvalue weighted by Gasteiger charge is -2.07. The zero-order valence-corrected chi connectivity index (χ0v) is 7.93. The maximum Gasteiger partial charge on any atom is 0.317 e. The van der Waals surface area contributed by atoms with Crippen molar-refractivity contribution in [2.45, 2.75) is 6.42 Å². The topological polar surface area (TPSA) is 93.1 Å². The molecule has 2 N–H and O–H groups in total. The summed E-state index contributed by atoms with van der Waals surface area (Å²) in [6.07, 6.45) is -0.0334. The maximum absolute atomic E-state index is 10.4. The number of carbonyl (C=O) groups is 2. The lowest BCUT2D eigenvalue weighted by atomic mass is 10.1. The first kappa shape index (κ1) is 12.9. The largest absolute Gasteiger partial charge is 0.481 e. The van der Waals surface area contributed by atoms with Crippen molar-refractivity contribution in [1.82, 2.24) is 0 Å². The number of carboxylic acids is 2. The summed E-state index contributed by atoms with van der Waals surface area (Å²) in [5.41, 5.74) is 0. The van der Waals surface area contributed by atoms with Crippen molar-refractivity contribution in [2.24, 2.45) is 5.92 Å². The Labute approximate surface area is 81.4 Å². The van der Waals surface area contributed by atoms with Gasteiger partial charge in [0, 0.05) is 13.7 Å². The van der Waals surface area contributed by atoms with E-state index >= 15 is 0 Å². The molecule has 0 unspecified atom stereocenters. The molecule has 0 spiro atoms. The Morgan fingerprint density at radius 3 is 2.14 bits per heavy atom. The Hall–Kier alpha value is -1.14. The summed E-state index contributed by atoms with van der Waals surface area (Å²) >= 11 is 0. The van der Waals surface area contributed by atoms with Crippen LogP contribution in [0.15, 0.2) is 0 Å². The lowest BCUT2D eigenvalue weighted by molar-refractivity contribution is -0.155. The Kier molecular flexibility index (Phi) is 6.69. The average Bonchev–Trinajstić information content (AvgIpc) is 2.09. The molecule has 0 aliphatic carbocycles. The highest BCUT2D eigenvalue weighted by Gasteiger charge is 2.24. The van der Waals surface area contributed by atoms with E-state index in [2.05, 4.69) is 4.74 Å². The van der Waals surface area contributed by atoms with Crippen molar-refractivity contribution < 1.29 is 29.3 Å². The molecule has 82 valence electrons. The molecule has 0 saturated carbocycles. The molecular weight excluding hydrogens is 192 g/mol. The van der Waals surface area contributed by atoms with Crippen LogP contribution in [-0.4, -0.2) is 49.1 Å². The number of methoxy groups -OCH3 is 1. The number of ether oxygens (including phenoxy) is 2. The monoisotopic (exact) mass is 206 g/mol. The standard InChI is InChI=1S/C8H14O6/c1-13-4-5-14-3-2-6(7(9)10)8(11)12/h6H,2-5H2,1H3,(H,9,10)(H,11,12). The highest BCUT2D eigenvalue weighted by Crippen LogP contribution is 2.03. The van der Waals surface area contributed by atoms with Gasteiger partial charge in [-0.05, 0) is 6.42 Å². The quantitative estimate of drug-likeness (QED) is 0.423. The molecular formula is C8H14O6. The van der Waals surface area contributed by atoms with E-state index in [0.29, 0.717) is 13.2 Å². The minimum Gasteiger partial charge on any atom is -0.481 e. The molecule has 0 aromatic carbocycles. The van der Waals surface area contributed by atoms with E-state index in [1.165, 1.54) is 7.11 Å². The van der Waals surface area contributed by atoms with Gasteiger partial charge in [-0.25, -0.2) is 0 Å². The van der Waals surface area contributed by atoms with Crippen LogP contribution in [-0.2, 0) is 19.1 Å². The molecule has 0 heterocycles. The summed E-state index contributed by atoms with van der Waals surface area (Å²) in [6, 6.07) is 0. The van der Waals surface area contributed by atoms with Crippen LogP contribution in [0.4, 0.5) is 0 Å². The van der Waals surface area contributed by atoms with Gasteiger partial charge in [-0.1, -0.05) is 0 Å². The summed E-state index contributed by atoms with van der Waals surface area (Å²) in [5, 5.41) is 17.0. The second-order valence-corrected chi connectivity index (χ2v) is 2.62. The Morgan fingerprint density at radius 2 is 1.71 bits per heavy atom. The molecule has 0 fully saturated rings. The van der Waals surface area contributed by atoms with Crippen LogP contribution in [0.5, 0.6) is 0 Å². The SMILES string of the molecule is COCCOCCC(C(=O)O)C(=O)O. The second-order valence-electron chi connectivity index (χ2n) is 2.62. The van der Waals surface area contributed by atoms with Crippen LogP contribution >= 0.6 is 0 Å². The third-order valence-corrected chi connectivity index (χ3v) is 1.58. The number of carboxylic acid groups (broad SMARTS) is 2. The first-order valence-electron chi connectivity index (χ1n) is 4.12.